The highest BCUT2D eigenvalue weighted by Gasteiger charge is 2.05. The van der Waals surface area contributed by atoms with E-state index in [9.17, 15) is 4.79 Å². The molecular weight excluding hydrogens is 256 g/mol. The lowest BCUT2D eigenvalue weighted by molar-refractivity contribution is -0.118. The summed E-state index contributed by atoms with van der Waals surface area (Å²) in [6.07, 6.45) is 2.74. The standard InChI is InChI=1S/C11H15BrN2O/c1-14(2)6-5-11(15)7-10-4-3-9(12)8-13-10/h3-4,8H,5-7H2,1-2H3. The number of rotatable bonds is 5. The molecule has 82 valence electrons. The van der Waals surface area contributed by atoms with Crippen molar-refractivity contribution in [2.45, 2.75) is 12.8 Å². The lowest BCUT2D eigenvalue weighted by atomic mass is 10.1. The summed E-state index contributed by atoms with van der Waals surface area (Å²) in [6.45, 7) is 0.801. The molecule has 0 atom stereocenters. The van der Waals surface area contributed by atoms with Crippen LogP contribution in [0, 0.1) is 0 Å². The zero-order valence-electron chi connectivity index (χ0n) is 9.03. The zero-order chi connectivity index (χ0) is 11.3. The fourth-order valence-electron chi connectivity index (χ4n) is 1.15. The molecule has 0 aliphatic carbocycles. The summed E-state index contributed by atoms with van der Waals surface area (Å²) in [5, 5.41) is 0. The maximum Gasteiger partial charge on any atom is 0.140 e. The zero-order valence-corrected chi connectivity index (χ0v) is 10.6. The number of carbonyl (C=O) groups is 1. The summed E-state index contributed by atoms with van der Waals surface area (Å²) < 4.78 is 0.937. The molecule has 1 aromatic heterocycles. The lowest BCUT2D eigenvalue weighted by Crippen LogP contribution is -2.17. The van der Waals surface area contributed by atoms with Crippen molar-refractivity contribution < 1.29 is 4.79 Å². The minimum absolute atomic E-state index is 0.235. The normalized spacial score (nSPS) is 10.7. The summed E-state index contributed by atoms with van der Waals surface area (Å²) in [5.41, 5.74) is 0.835. The van der Waals surface area contributed by atoms with E-state index in [0.717, 1.165) is 16.7 Å². The predicted octanol–water partition coefficient (Wildman–Crippen LogP) is 1.91. The van der Waals surface area contributed by atoms with E-state index in [1.807, 2.05) is 31.1 Å². The summed E-state index contributed by atoms with van der Waals surface area (Å²) in [7, 11) is 3.93. The van der Waals surface area contributed by atoms with Crippen molar-refractivity contribution in [3.8, 4) is 0 Å². The molecule has 0 saturated heterocycles. The summed E-state index contributed by atoms with van der Waals surface area (Å²) in [4.78, 5) is 17.7. The largest absolute Gasteiger partial charge is 0.309 e. The molecule has 0 saturated carbocycles. The predicted molar refractivity (Wildman–Crippen MR) is 63.8 cm³/mol. The second-order valence-electron chi connectivity index (χ2n) is 3.74. The van der Waals surface area contributed by atoms with Crippen molar-refractivity contribution in [3.63, 3.8) is 0 Å². The van der Waals surface area contributed by atoms with E-state index in [-0.39, 0.29) is 5.78 Å². The first kappa shape index (κ1) is 12.3. The van der Waals surface area contributed by atoms with Crippen LogP contribution in [0.25, 0.3) is 0 Å². The van der Waals surface area contributed by atoms with Crippen LogP contribution in [-0.2, 0) is 11.2 Å². The van der Waals surface area contributed by atoms with Gasteiger partial charge in [-0.15, -0.1) is 0 Å². The molecule has 0 N–H and O–H groups in total. The highest BCUT2D eigenvalue weighted by Crippen LogP contribution is 2.08. The molecule has 0 unspecified atom stereocenters. The Labute approximate surface area is 98.6 Å². The number of carbonyl (C=O) groups excluding carboxylic acids is 1. The first-order valence-corrected chi connectivity index (χ1v) is 5.64. The summed E-state index contributed by atoms with van der Waals surface area (Å²) in [5.74, 6) is 0.235. The maximum atomic E-state index is 11.5. The Bertz CT molecular complexity index is 322. The van der Waals surface area contributed by atoms with Crippen molar-refractivity contribution in [3.05, 3.63) is 28.5 Å². The Morgan fingerprint density at radius 1 is 1.47 bits per heavy atom. The molecule has 0 amide bonds. The third-order valence-electron chi connectivity index (χ3n) is 2.00. The van der Waals surface area contributed by atoms with Crippen molar-refractivity contribution in [2.24, 2.45) is 0 Å². The quantitative estimate of drug-likeness (QED) is 0.820. The van der Waals surface area contributed by atoms with Crippen molar-refractivity contribution in [1.29, 1.82) is 0 Å². The van der Waals surface area contributed by atoms with Gasteiger partial charge in [0.2, 0.25) is 0 Å². The van der Waals surface area contributed by atoms with E-state index in [2.05, 4.69) is 20.9 Å². The van der Waals surface area contributed by atoms with E-state index in [4.69, 9.17) is 0 Å². The molecule has 1 rings (SSSR count). The number of Topliss-reactive ketones (excluding diaryl/α,β-unsaturated/α-hetero) is 1. The second kappa shape index (κ2) is 5.98. The van der Waals surface area contributed by atoms with Gasteiger partial charge in [0.05, 0.1) is 0 Å². The monoisotopic (exact) mass is 270 g/mol. The van der Waals surface area contributed by atoms with Gasteiger partial charge in [-0.2, -0.15) is 0 Å². The summed E-state index contributed by atoms with van der Waals surface area (Å²) >= 11 is 3.31. The van der Waals surface area contributed by atoms with Gasteiger partial charge in [-0.3, -0.25) is 9.78 Å². The molecule has 0 radical (unpaired) electrons. The van der Waals surface area contributed by atoms with Crippen molar-refractivity contribution >= 4 is 21.7 Å². The maximum absolute atomic E-state index is 11.5. The number of pyridine rings is 1. The molecule has 0 aromatic carbocycles. The molecule has 1 aromatic rings. The first-order valence-electron chi connectivity index (χ1n) is 4.85. The van der Waals surface area contributed by atoms with E-state index < -0.39 is 0 Å². The van der Waals surface area contributed by atoms with Crippen LogP contribution in [0.1, 0.15) is 12.1 Å². The van der Waals surface area contributed by atoms with Crippen LogP contribution < -0.4 is 0 Å². The number of nitrogens with zero attached hydrogens (tertiary/aromatic N) is 2. The highest BCUT2D eigenvalue weighted by molar-refractivity contribution is 9.10. The number of halogens is 1. The smallest absolute Gasteiger partial charge is 0.140 e. The van der Waals surface area contributed by atoms with Crippen molar-refractivity contribution in [1.82, 2.24) is 9.88 Å². The minimum Gasteiger partial charge on any atom is -0.309 e. The Kier molecular flexibility index (Phi) is 4.91. The fraction of sp³-hybridized carbons (Fsp3) is 0.455. The van der Waals surface area contributed by atoms with Crippen LogP contribution >= 0.6 is 15.9 Å². The second-order valence-corrected chi connectivity index (χ2v) is 4.65. The number of hydrogen-bond acceptors (Lipinski definition) is 3. The van der Waals surface area contributed by atoms with E-state index in [1.54, 1.807) is 6.20 Å². The van der Waals surface area contributed by atoms with Crippen LogP contribution in [0.5, 0.6) is 0 Å². The number of hydrogen-bond donors (Lipinski definition) is 0. The summed E-state index contributed by atoms with van der Waals surface area (Å²) in [6, 6.07) is 3.78. The van der Waals surface area contributed by atoms with E-state index in [0.29, 0.717) is 12.8 Å². The van der Waals surface area contributed by atoms with Gasteiger partial charge < -0.3 is 4.90 Å². The van der Waals surface area contributed by atoms with Gasteiger partial charge in [0.1, 0.15) is 5.78 Å². The van der Waals surface area contributed by atoms with Crippen LogP contribution in [0.15, 0.2) is 22.8 Å². The Morgan fingerprint density at radius 3 is 2.73 bits per heavy atom. The van der Waals surface area contributed by atoms with Gasteiger partial charge >= 0.3 is 0 Å². The van der Waals surface area contributed by atoms with Crippen LogP contribution in [0.3, 0.4) is 0 Å². The average Bonchev–Trinajstić information content (AvgIpc) is 2.19. The van der Waals surface area contributed by atoms with Gasteiger partial charge in [-0.1, -0.05) is 0 Å². The Hall–Kier alpha value is -0.740. The minimum atomic E-state index is 0.235. The van der Waals surface area contributed by atoms with Gasteiger partial charge in [-0.05, 0) is 42.2 Å². The molecule has 0 aliphatic heterocycles. The van der Waals surface area contributed by atoms with Gasteiger partial charge in [-0.25, -0.2) is 0 Å². The Balaban J connectivity index is 2.41. The third-order valence-corrected chi connectivity index (χ3v) is 2.47. The molecular formula is C11H15BrN2O. The first-order chi connectivity index (χ1) is 7.08. The van der Waals surface area contributed by atoms with Crippen molar-refractivity contribution in [2.75, 3.05) is 20.6 Å². The van der Waals surface area contributed by atoms with Crippen LogP contribution in [0.2, 0.25) is 0 Å². The van der Waals surface area contributed by atoms with Gasteiger partial charge in [0, 0.05) is 35.7 Å². The topological polar surface area (TPSA) is 33.2 Å². The van der Waals surface area contributed by atoms with E-state index in [1.165, 1.54) is 0 Å². The Morgan fingerprint density at radius 2 is 2.20 bits per heavy atom. The van der Waals surface area contributed by atoms with Crippen LogP contribution in [-0.4, -0.2) is 36.3 Å². The molecule has 0 bridgehead atoms. The molecule has 4 heteroatoms. The van der Waals surface area contributed by atoms with E-state index >= 15 is 0 Å². The molecule has 15 heavy (non-hydrogen) atoms. The third kappa shape index (κ3) is 5.04. The van der Waals surface area contributed by atoms with Gasteiger partial charge in [0.15, 0.2) is 0 Å². The molecule has 0 spiro atoms. The SMILES string of the molecule is CN(C)CCC(=O)Cc1ccc(Br)cn1. The number of aromatic nitrogens is 1. The molecule has 1 heterocycles. The van der Waals surface area contributed by atoms with Crippen LogP contribution in [0.4, 0.5) is 0 Å². The van der Waals surface area contributed by atoms with Gasteiger partial charge in [0.25, 0.3) is 0 Å². The molecule has 3 nitrogen and oxygen atoms in total. The highest BCUT2D eigenvalue weighted by atomic mass is 79.9. The molecule has 0 aliphatic rings. The molecule has 0 fully saturated rings. The lowest BCUT2D eigenvalue weighted by Gasteiger charge is -2.07. The number of ketones is 1. The fourth-order valence-corrected chi connectivity index (χ4v) is 1.38. The average molecular weight is 271 g/mol.